The van der Waals surface area contributed by atoms with Crippen LogP contribution in [0.3, 0.4) is 0 Å². The number of nitrogens with one attached hydrogen (secondary N) is 3. The molecule has 7 N–H and O–H groups in total. The van der Waals surface area contributed by atoms with Crippen LogP contribution in [0.25, 0.3) is 0 Å². The minimum atomic E-state index is 0.0332. The van der Waals surface area contributed by atoms with Gasteiger partial charge >= 0.3 is 0 Å². The Bertz CT molecular complexity index is 593. The van der Waals surface area contributed by atoms with E-state index in [4.69, 9.17) is 11.6 Å². The van der Waals surface area contributed by atoms with Gasteiger partial charge in [0.15, 0.2) is 0 Å². The SMILES string of the molecule is CCCCCCCCCCCCCCCCCCCCCCCCCCCCN(N)CC(=O)NCCCNCCCCNCCCN. The average Bonchev–Trinajstić information content (AvgIpc) is 3.06. The predicted octanol–water partition coefficient (Wildman–Crippen LogP) is 9.14. The van der Waals surface area contributed by atoms with Gasteiger partial charge in [-0.25, -0.2) is 5.01 Å². The van der Waals surface area contributed by atoms with Crippen molar-refractivity contribution in [2.45, 2.75) is 200 Å². The Kier molecular flexibility index (Phi) is 40.8. The molecule has 0 atom stereocenters. The first-order valence-corrected chi connectivity index (χ1v) is 21.1. The molecule has 0 aliphatic heterocycles. The maximum atomic E-state index is 12.1. The molecule has 7 nitrogen and oxygen atoms in total. The van der Waals surface area contributed by atoms with Crippen molar-refractivity contribution in [3.63, 3.8) is 0 Å². The monoisotopic (exact) mass is 667 g/mol. The second kappa shape index (κ2) is 41.4. The molecule has 0 saturated carbocycles. The highest BCUT2D eigenvalue weighted by molar-refractivity contribution is 5.77. The molecule has 0 heterocycles. The third-order valence-corrected chi connectivity index (χ3v) is 9.51. The first kappa shape index (κ1) is 46.3. The molecule has 0 aromatic carbocycles. The molecule has 282 valence electrons. The standard InChI is InChI=1S/C40H86N6O/c1-2-3-4-5-6-7-8-9-10-11-12-13-14-15-16-17-18-19-20-21-22-23-24-25-26-29-38-46(42)39-40(47)45-37-31-36-44-34-28-27-33-43-35-30-32-41/h43-44H,2-39,41-42H2,1H3,(H,45,47). The number of carbonyl (C=O) groups excluding carboxylic acids is 1. The molecule has 7 heteroatoms. The fourth-order valence-electron chi connectivity index (χ4n) is 6.37. The number of carbonyl (C=O) groups is 1. The van der Waals surface area contributed by atoms with Crippen LogP contribution >= 0.6 is 0 Å². The molecule has 47 heavy (non-hydrogen) atoms. The van der Waals surface area contributed by atoms with Crippen molar-refractivity contribution < 1.29 is 4.79 Å². The van der Waals surface area contributed by atoms with Crippen molar-refractivity contribution in [3.05, 3.63) is 0 Å². The Morgan fingerprint density at radius 1 is 0.447 bits per heavy atom. The Labute approximate surface area is 294 Å². The number of hydrazine groups is 1. The number of nitrogens with two attached hydrogens (primary N) is 2. The number of unbranched alkanes of at least 4 members (excludes halogenated alkanes) is 26. The molecule has 0 spiro atoms. The molecule has 0 aromatic rings. The topological polar surface area (TPSA) is 108 Å². The zero-order valence-electron chi connectivity index (χ0n) is 31.9. The van der Waals surface area contributed by atoms with Gasteiger partial charge in [0.2, 0.25) is 5.91 Å². The maximum absolute atomic E-state index is 12.1. The van der Waals surface area contributed by atoms with Crippen LogP contribution in [-0.2, 0) is 4.79 Å². The highest BCUT2D eigenvalue weighted by atomic mass is 16.2. The summed E-state index contributed by atoms with van der Waals surface area (Å²) in [6.45, 7) is 8.91. The summed E-state index contributed by atoms with van der Waals surface area (Å²) in [7, 11) is 0. The van der Waals surface area contributed by atoms with Gasteiger partial charge in [-0.2, -0.15) is 0 Å². The van der Waals surface area contributed by atoms with E-state index in [9.17, 15) is 4.79 Å². The van der Waals surface area contributed by atoms with Gasteiger partial charge in [-0.05, 0) is 64.8 Å². The van der Waals surface area contributed by atoms with Crippen molar-refractivity contribution in [2.24, 2.45) is 11.6 Å². The van der Waals surface area contributed by atoms with E-state index in [2.05, 4.69) is 22.9 Å². The normalized spacial score (nSPS) is 11.6. The van der Waals surface area contributed by atoms with E-state index in [0.29, 0.717) is 13.1 Å². The van der Waals surface area contributed by atoms with Crippen molar-refractivity contribution in [3.8, 4) is 0 Å². The molecular weight excluding hydrogens is 580 g/mol. The number of nitrogens with zero attached hydrogens (tertiary/aromatic N) is 1. The third kappa shape index (κ3) is 41.4. The van der Waals surface area contributed by atoms with Gasteiger partial charge in [0, 0.05) is 13.1 Å². The molecule has 0 aliphatic rings. The van der Waals surface area contributed by atoms with Gasteiger partial charge in [0.05, 0.1) is 6.54 Å². The van der Waals surface area contributed by atoms with Gasteiger partial charge < -0.3 is 21.7 Å². The van der Waals surface area contributed by atoms with Crippen LogP contribution in [0.5, 0.6) is 0 Å². The second-order valence-corrected chi connectivity index (χ2v) is 14.4. The molecule has 0 radical (unpaired) electrons. The number of rotatable bonds is 41. The highest BCUT2D eigenvalue weighted by Gasteiger charge is 2.06. The summed E-state index contributed by atoms with van der Waals surface area (Å²) < 4.78 is 0. The van der Waals surface area contributed by atoms with Crippen LogP contribution in [0.1, 0.15) is 200 Å². The van der Waals surface area contributed by atoms with E-state index in [0.717, 1.165) is 58.5 Å². The first-order chi connectivity index (χ1) is 23.2. The summed E-state index contributed by atoms with van der Waals surface area (Å²) in [5.74, 6) is 6.09. The van der Waals surface area contributed by atoms with Crippen molar-refractivity contribution in [1.82, 2.24) is 21.0 Å². The third-order valence-electron chi connectivity index (χ3n) is 9.51. The summed E-state index contributed by atoms with van der Waals surface area (Å²) in [6.07, 6.45) is 41.0. The quantitative estimate of drug-likeness (QED) is 0.0253. The number of amides is 1. The Morgan fingerprint density at radius 2 is 0.787 bits per heavy atom. The van der Waals surface area contributed by atoms with Gasteiger partial charge in [0.25, 0.3) is 0 Å². The van der Waals surface area contributed by atoms with Crippen LogP contribution in [0.2, 0.25) is 0 Å². The largest absolute Gasteiger partial charge is 0.355 e. The van der Waals surface area contributed by atoms with Gasteiger partial charge in [-0.3, -0.25) is 10.6 Å². The lowest BCUT2D eigenvalue weighted by molar-refractivity contribution is -0.122. The van der Waals surface area contributed by atoms with Gasteiger partial charge in [0.1, 0.15) is 0 Å². The number of hydrogen-bond donors (Lipinski definition) is 5. The van der Waals surface area contributed by atoms with Gasteiger partial charge in [-0.15, -0.1) is 0 Å². The minimum absolute atomic E-state index is 0.0332. The molecule has 0 bridgehead atoms. The fraction of sp³-hybridized carbons (Fsp3) is 0.975. The average molecular weight is 667 g/mol. The molecule has 0 aromatic heterocycles. The second-order valence-electron chi connectivity index (χ2n) is 14.4. The molecule has 0 saturated heterocycles. The first-order valence-electron chi connectivity index (χ1n) is 21.1. The van der Waals surface area contributed by atoms with E-state index in [-0.39, 0.29) is 5.91 Å². The predicted molar refractivity (Wildman–Crippen MR) is 208 cm³/mol. The Morgan fingerprint density at radius 3 is 1.17 bits per heavy atom. The molecule has 0 fully saturated rings. The lowest BCUT2D eigenvalue weighted by atomic mass is 10.0. The lowest BCUT2D eigenvalue weighted by Gasteiger charge is -2.16. The lowest BCUT2D eigenvalue weighted by Crippen LogP contribution is -2.42. The highest BCUT2D eigenvalue weighted by Crippen LogP contribution is 2.16. The Balaban J connectivity index is 3.22. The van der Waals surface area contributed by atoms with E-state index < -0.39 is 0 Å². The van der Waals surface area contributed by atoms with E-state index >= 15 is 0 Å². The van der Waals surface area contributed by atoms with E-state index in [1.807, 2.05) is 0 Å². The van der Waals surface area contributed by atoms with Crippen LogP contribution in [-0.4, -0.2) is 63.3 Å². The van der Waals surface area contributed by atoms with Crippen molar-refractivity contribution in [2.75, 3.05) is 52.4 Å². The zero-order chi connectivity index (χ0) is 34.1. The summed E-state index contributed by atoms with van der Waals surface area (Å²) in [4.78, 5) is 12.1. The summed E-state index contributed by atoms with van der Waals surface area (Å²) >= 11 is 0. The van der Waals surface area contributed by atoms with E-state index in [1.54, 1.807) is 5.01 Å². The molecule has 0 aliphatic carbocycles. The fourth-order valence-corrected chi connectivity index (χ4v) is 6.37. The summed E-state index contributed by atoms with van der Waals surface area (Å²) in [6, 6.07) is 0. The summed E-state index contributed by atoms with van der Waals surface area (Å²) in [5.41, 5.74) is 5.49. The van der Waals surface area contributed by atoms with Crippen molar-refractivity contribution in [1.29, 1.82) is 0 Å². The Hall–Kier alpha value is -0.730. The summed E-state index contributed by atoms with van der Waals surface area (Å²) in [5, 5.41) is 11.5. The van der Waals surface area contributed by atoms with Crippen molar-refractivity contribution >= 4 is 5.91 Å². The molecular formula is C40H86N6O. The minimum Gasteiger partial charge on any atom is -0.355 e. The van der Waals surface area contributed by atoms with E-state index in [1.165, 1.54) is 173 Å². The van der Waals surface area contributed by atoms with Crippen LogP contribution in [0, 0.1) is 0 Å². The smallest absolute Gasteiger partial charge is 0.235 e. The number of hydrogen-bond acceptors (Lipinski definition) is 6. The zero-order valence-corrected chi connectivity index (χ0v) is 31.9. The molecule has 1 amide bonds. The van der Waals surface area contributed by atoms with Crippen LogP contribution in [0.4, 0.5) is 0 Å². The van der Waals surface area contributed by atoms with Gasteiger partial charge in [-0.1, -0.05) is 167 Å². The molecule has 0 rings (SSSR count). The molecule has 0 unspecified atom stereocenters. The van der Waals surface area contributed by atoms with Crippen LogP contribution in [0.15, 0.2) is 0 Å². The van der Waals surface area contributed by atoms with Crippen LogP contribution < -0.4 is 27.5 Å². The maximum Gasteiger partial charge on any atom is 0.235 e.